The molecule has 0 aromatic heterocycles. The Morgan fingerprint density at radius 1 is 1.42 bits per heavy atom. The molecule has 3 nitrogen and oxygen atoms in total. The van der Waals surface area contributed by atoms with Crippen LogP contribution in [0.5, 0.6) is 0 Å². The number of halogens is 1. The molecule has 2 N–H and O–H groups in total. The minimum atomic E-state index is -0.125. The monoisotopic (exact) mass is 266 g/mol. The maximum atomic E-state index is 13.1. The molecule has 1 fully saturated rings. The number of benzene rings is 1. The summed E-state index contributed by atoms with van der Waals surface area (Å²) < 4.78 is 18.5. The Balaban J connectivity index is 1.59. The van der Waals surface area contributed by atoms with Crippen LogP contribution < -0.4 is 10.6 Å². The zero-order chi connectivity index (χ0) is 13.5. The standard InChI is InChI=1S/C15H23FN2O/c1-12-10-13(2-3-15(12)16)4-6-17-7-5-14-11-19-9-8-18-14/h2-3,10,14,17-18H,4-9,11H2,1H3. The zero-order valence-corrected chi connectivity index (χ0v) is 11.5. The third-order valence-electron chi connectivity index (χ3n) is 3.48. The molecule has 4 heteroatoms. The van der Waals surface area contributed by atoms with Crippen molar-refractivity contribution in [3.63, 3.8) is 0 Å². The second-order valence-corrected chi connectivity index (χ2v) is 5.10. The van der Waals surface area contributed by atoms with Crippen LogP contribution in [0.25, 0.3) is 0 Å². The lowest BCUT2D eigenvalue weighted by Gasteiger charge is -2.23. The third kappa shape index (κ3) is 4.90. The van der Waals surface area contributed by atoms with Gasteiger partial charge in [0.2, 0.25) is 0 Å². The van der Waals surface area contributed by atoms with E-state index in [0.717, 1.165) is 51.3 Å². The summed E-state index contributed by atoms with van der Waals surface area (Å²) in [5, 5.41) is 6.86. The molecule has 1 aliphatic rings. The highest BCUT2D eigenvalue weighted by Crippen LogP contribution is 2.09. The van der Waals surface area contributed by atoms with Gasteiger partial charge in [-0.3, -0.25) is 0 Å². The molecule has 0 saturated carbocycles. The molecule has 1 aromatic carbocycles. The topological polar surface area (TPSA) is 33.3 Å². The van der Waals surface area contributed by atoms with Crippen LogP contribution in [0.2, 0.25) is 0 Å². The average molecular weight is 266 g/mol. The number of nitrogens with one attached hydrogen (secondary N) is 2. The summed E-state index contributed by atoms with van der Waals surface area (Å²) in [6, 6.07) is 5.82. The van der Waals surface area contributed by atoms with Crippen LogP contribution in [0.3, 0.4) is 0 Å². The molecule has 1 unspecified atom stereocenters. The average Bonchev–Trinajstić information content (AvgIpc) is 2.43. The molecule has 0 spiro atoms. The second kappa shape index (κ2) is 7.58. The normalized spacial score (nSPS) is 19.6. The van der Waals surface area contributed by atoms with E-state index in [0.29, 0.717) is 6.04 Å². The highest BCUT2D eigenvalue weighted by atomic mass is 19.1. The lowest BCUT2D eigenvalue weighted by Crippen LogP contribution is -2.42. The lowest BCUT2D eigenvalue weighted by atomic mass is 10.1. The van der Waals surface area contributed by atoms with Gasteiger partial charge < -0.3 is 15.4 Å². The molecule has 0 aliphatic carbocycles. The fraction of sp³-hybridized carbons (Fsp3) is 0.600. The van der Waals surface area contributed by atoms with Crippen LogP contribution in [-0.4, -0.2) is 38.9 Å². The van der Waals surface area contributed by atoms with Crippen molar-refractivity contribution < 1.29 is 9.13 Å². The molecule has 2 rings (SSSR count). The minimum absolute atomic E-state index is 0.125. The van der Waals surface area contributed by atoms with E-state index in [1.165, 1.54) is 5.56 Å². The Kier molecular flexibility index (Phi) is 5.76. The van der Waals surface area contributed by atoms with Gasteiger partial charge in [-0.15, -0.1) is 0 Å². The van der Waals surface area contributed by atoms with Gasteiger partial charge in [0.25, 0.3) is 0 Å². The summed E-state index contributed by atoms with van der Waals surface area (Å²) in [6.07, 6.45) is 2.03. The van der Waals surface area contributed by atoms with Gasteiger partial charge in [0.15, 0.2) is 0 Å². The van der Waals surface area contributed by atoms with E-state index in [-0.39, 0.29) is 5.82 Å². The Bertz CT molecular complexity index is 392. The van der Waals surface area contributed by atoms with Gasteiger partial charge in [-0.2, -0.15) is 0 Å². The van der Waals surface area contributed by atoms with E-state index in [9.17, 15) is 4.39 Å². The highest BCUT2D eigenvalue weighted by Gasteiger charge is 2.11. The van der Waals surface area contributed by atoms with Gasteiger partial charge in [-0.05, 0) is 50.0 Å². The van der Waals surface area contributed by atoms with Gasteiger partial charge in [-0.1, -0.05) is 12.1 Å². The van der Waals surface area contributed by atoms with E-state index in [2.05, 4.69) is 10.6 Å². The Hall–Kier alpha value is -0.970. The minimum Gasteiger partial charge on any atom is -0.379 e. The van der Waals surface area contributed by atoms with Crippen molar-refractivity contribution in [3.8, 4) is 0 Å². The maximum Gasteiger partial charge on any atom is 0.126 e. The summed E-state index contributed by atoms with van der Waals surface area (Å²) in [5.74, 6) is -0.125. The maximum absolute atomic E-state index is 13.1. The van der Waals surface area contributed by atoms with Crippen LogP contribution in [0.1, 0.15) is 17.5 Å². The van der Waals surface area contributed by atoms with Crippen molar-refractivity contribution in [2.24, 2.45) is 0 Å². The molecular weight excluding hydrogens is 243 g/mol. The van der Waals surface area contributed by atoms with Crippen LogP contribution >= 0.6 is 0 Å². The summed E-state index contributed by atoms with van der Waals surface area (Å²) in [6.45, 7) is 6.33. The van der Waals surface area contributed by atoms with Crippen molar-refractivity contribution in [1.29, 1.82) is 0 Å². The number of hydrogen-bond acceptors (Lipinski definition) is 3. The van der Waals surface area contributed by atoms with Crippen molar-refractivity contribution in [3.05, 3.63) is 35.1 Å². The molecule has 1 aromatic rings. The number of aryl methyl sites for hydroxylation is 1. The largest absolute Gasteiger partial charge is 0.379 e. The molecule has 19 heavy (non-hydrogen) atoms. The molecule has 1 atom stereocenters. The first-order valence-electron chi connectivity index (χ1n) is 7.02. The first kappa shape index (κ1) is 14.4. The van der Waals surface area contributed by atoms with Gasteiger partial charge >= 0.3 is 0 Å². The summed E-state index contributed by atoms with van der Waals surface area (Å²) in [7, 11) is 0. The van der Waals surface area contributed by atoms with Gasteiger partial charge in [0.05, 0.1) is 13.2 Å². The Morgan fingerprint density at radius 2 is 2.32 bits per heavy atom. The molecule has 1 aliphatic heterocycles. The highest BCUT2D eigenvalue weighted by molar-refractivity contribution is 5.24. The van der Waals surface area contributed by atoms with Crippen molar-refractivity contribution in [1.82, 2.24) is 10.6 Å². The van der Waals surface area contributed by atoms with Crippen LogP contribution in [-0.2, 0) is 11.2 Å². The van der Waals surface area contributed by atoms with Crippen LogP contribution in [0, 0.1) is 12.7 Å². The van der Waals surface area contributed by atoms with E-state index >= 15 is 0 Å². The third-order valence-corrected chi connectivity index (χ3v) is 3.48. The number of ether oxygens (including phenoxy) is 1. The number of hydrogen-bond donors (Lipinski definition) is 2. The van der Waals surface area contributed by atoms with Gasteiger partial charge in [0.1, 0.15) is 5.82 Å². The van der Waals surface area contributed by atoms with Gasteiger partial charge in [0, 0.05) is 12.6 Å². The molecule has 0 amide bonds. The predicted molar refractivity (Wildman–Crippen MR) is 74.9 cm³/mol. The first-order chi connectivity index (χ1) is 9.25. The number of rotatable bonds is 6. The van der Waals surface area contributed by atoms with Crippen molar-refractivity contribution in [2.75, 3.05) is 32.8 Å². The molecule has 1 heterocycles. The van der Waals surface area contributed by atoms with E-state index in [4.69, 9.17) is 4.74 Å². The van der Waals surface area contributed by atoms with Gasteiger partial charge in [-0.25, -0.2) is 4.39 Å². The lowest BCUT2D eigenvalue weighted by molar-refractivity contribution is 0.0743. The fourth-order valence-corrected chi connectivity index (χ4v) is 2.30. The van der Waals surface area contributed by atoms with E-state index in [1.807, 2.05) is 12.1 Å². The summed E-state index contributed by atoms with van der Waals surface area (Å²) in [4.78, 5) is 0. The quantitative estimate of drug-likeness (QED) is 0.768. The van der Waals surface area contributed by atoms with Crippen LogP contribution in [0.4, 0.5) is 4.39 Å². The molecular formula is C15H23FN2O. The zero-order valence-electron chi connectivity index (χ0n) is 11.5. The smallest absolute Gasteiger partial charge is 0.126 e. The van der Waals surface area contributed by atoms with Crippen molar-refractivity contribution >= 4 is 0 Å². The predicted octanol–water partition coefficient (Wildman–Crippen LogP) is 1.64. The Labute approximate surface area is 114 Å². The molecule has 106 valence electrons. The van der Waals surface area contributed by atoms with E-state index < -0.39 is 0 Å². The SMILES string of the molecule is Cc1cc(CCNCCC2COCCN2)ccc1F. The Morgan fingerprint density at radius 3 is 3.05 bits per heavy atom. The fourth-order valence-electron chi connectivity index (χ4n) is 2.30. The van der Waals surface area contributed by atoms with E-state index in [1.54, 1.807) is 13.0 Å². The second-order valence-electron chi connectivity index (χ2n) is 5.10. The first-order valence-corrected chi connectivity index (χ1v) is 7.02. The summed E-state index contributed by atoms with van der Waals surface area (Å²) >= 11 is 0. The number of morpholine rings is 1. The molecule has 0 radical (unpaired) electrons. The molecule has 0 bridgehead atoms. The van der Waals surface area contributed by atoms with Crippen molar-refractivity contribution in [2.45, 2.75) is 25.8 Å². The molecule has 1 saturated heterocycles. The summed E-state index contributed by atoms with van der Waals surface area (Å²) in [5.41, 5.74) is 1.91. The van der Waals surface area contributed by atoms with Crippen LogP contribution in [0.15, 0.2) is 18.2 Å².